The number of aryl methyl sites for hydroxylation is 1. The lowest BCUT2D eigenvalue weighted by atomic mass is 10.3. The number of fused-ring (bicyclic) bond motifs is 1. The van der Waals surface area contributed by atoms with E-state index < -0.39 is 0 Å². The molecule has 0 radical (unpaired) electrons. The smallest absolute Gasteiger partial charge is 0.210 e. The van der Waals surface area contributed by atoms with Gasteiger partial charge in [-0.1, -0.05) is 36.9 Å². The predicted octanol–water partition coefficient (Wildman–Crippen LogP) is 3.66. The van der Waals surface area contributed by atoms with E-state index in [0.29, 0.717) is 0 Å². The van der Waals surface area contributed by atoms with Crippen LogP contribution in [0, 0.1) is 0 Å². The van der Waals surface area contributed by atoms with Gasteiger partial charge in [-0.25, -0.2) is 4.98 Å². The van der Waals surface area contributed by atoms with Crippen molar-refractivity contribution in [2.75, 3.05) is 11.9 Å². The summed E-state index contributed by atoms with van der Waals surface area (Å²) >= 11 is 0. The lowest BCUT2D eigenvalue weighted by Gasteiger charge is -2.18. The van der Waals surface area contributed by atoms with Gasteiger partial charge in [0.2, 0.25) is 5.95 Å². The fraction of sp³-hybridized carbons (Fsp3) is 0.188. The van der Waals surface area contributed by atoms with Crippen molar-refractivity contribution in [1.82, 2.24) is 9.55 Å². The summed E-state index contributed by atoms with van der Waals surface area (Å²) in [7, 11) is 4.06. The molecule has 0 aliphatic rings. The first-order valence-electron chi connectivity index (χ1n) is 6.26. The van der Waals surface area contributed by atoms with Crippen LogP contribution in [0.4, 0.5) is 5.95 Å². The fourth-order valence-corrected chi connectivity index (χ4v) is 1.98. The molecule has 3 heteroatoms. The molecule has 0 atom stereocenters. The van der Waals surface area contributed by atoms with Crippen molar-refractivity contribution in [3.8, 4) is 0 Å². The normalized spacial score (nSPS) is 12.3. The summed E-state index contributed by atoms with van der Waals surface area (Å²) < 4.78 is 2.10. The van der Waals surface area contributed by atoms with Crippen molar-refractivity contribution in [1.29, 1.82) is 0 Å². The molecule has 0 saturated carbocycles. The Morgan fingerprint density at radius 3 is 2.74 bits per heavy atom. The van der Waals surface area contributed by atoms with Crippen molar-refractivity contribution in [3.05, 3.63) is 60.8 Å². The van der Waals surface area contributed by atoms with Gasteiger partial charge < -0.3 is 9.47 Å². The third-order valence-electron chi connectivity index (χ3n) is 3.18. The molecule has 0 N–H and O–H groups in total. The van der Waals surface area contributed by atoms with Crippen LogP contribution in [0.25, 0.3) is 11.0 Å². The Morgan fingerprint density at radius 1 is 1.32 bits per heavy atom. The molecular weight excluding hydrogens is 234 g/mol. The summed E-state index contributed by atoms with van der Waals surface area (Å²) in [5.74, 6) is 0.932. The Hall–Kier alpha value is -2.29. The first-order chi connectivity index (χ1) is 9.15. The van der Waals surface area contributed by atoms with Gasteiger partial charge in [-0.2, -0.15) is 0 Å². The van der Waals surface area contributed by atoms with Gasteiger partial charge in [0.15, 0.2) is 0 Å². The predicted molar refractivity (Wildman–Crippen MR) is 82.2 cm³/mol. The summed E-state index contributed by atoms with van der Waals surface area (Å²) in [4.78, 5) is 6.74. The topological polar surface area (TPSA) is 21.1 Å². The van der Waals surface area contributed by atoms with Crippen molar-refractivity contribution in [3.63, 3.8) is 0 Å². The molecule has 1 aromatic heterocycles. The molecule has 98 valence electrons. The number of anilines is 1. The van der Waals surface area contributed by atoms with Gasteiger partial charge in [-0.05, 0) is 25.1 Å². The molecule has 0 unspecified atom stereocenters. The minimum absolute atomic E-state index is 0.932. The van der Waals surface area contributed by atoms with Gasteiger partial charge in [0.25, 0.3) is 0 Å². The number of rotatable bonds is 4. The average molecular weight is 253 g/mol. The van der Waals surface area contributed by atoms with Crippen LogP contribution in [-0.4, -0.2) is 16.6 Å². The standard InChI is InChI=1S/C16H19N3/c1-5-6-7-10-13(2)18(3)16-17-14-11-8-9-12-15(14)19(16)4/h5-12H,1H2,2-4H3/b7-6-,13-10+. The summed E-state index contributed by atoms with van der Waals surface area (Å²) in [6.45, 7) is 5.72. The SMILES string of the molecule is C=C/C=C\C=C(/C)N(C)c1nc2ccccc2n1C. The van der Waals surface area contributed by atoms with Crippen LogP contribution in [0.3, 0.4) is 0 Å². The molecule has 0 amide bonds. The Bertz CT molecular complexity index is 647. The molecule has 19 heavy (non-hydrogen) atoms. The Morgan fingerprint density at radius 2 is 2.05 bits per heavy atom. The van der Waals surface area contributed by atoms with Crippen LogP contribution in [0.5, 0.6) is 0 Å². The minimum atomic E-state index is 0.932. The van der Waals surface area contributed by atoms with Gasteiger partial charge in [-0.15, -0.1) is 0 Å². The van der Waals surface area contributed by atoms with E-state index in [2.05, 4.69) is 34.0 Å². The van der Waals surface area contributed by atoms with Crippen LogP contribution >= 0.6 is 0 Å². The van der Waals surface area contributed by atoms with Gasteiger partial charge in [-0.3, -0.25) is 0 Å². The second kappa shape index (κ2) is 5.57. The number of allylic oxidation sites excluding steroid dienone is 5. The number of para-hydroxylation sites is 2. The highest BCUT2D eigenvalue weighted by Gasteiger charge is 2.11. The van der Waals surface area contributed by atoms with E-state index in [0.717, 1.165) is 22.7 Å². The lowest BCUT2D eigenvalue weighted by Crippen LogP contribution is -2.18. The van der Waals surface area contributed by atoms with Crippen LogP contribution < -0.4 is 4.90 Å². The number of nitrogens with zero attached hydrogens (tertiary/aromatic N) is 3. The number of aromatic nitrogens is 2. The average Bonchev–Trinajstić information content (AvgIpc) is 2.76. The molecule has 0 spiro atoms. The maximum atomic E-state index is 4.67. The van der Waals surface area contributed by atoms with Crippen molar-refractivity contribution < 1.29 is 0 Å². The molecule has 2 aromatic rings. The van der Waals surface area contributed by atoms with Gasteiger partial charge in [0.05, 0.1) is 11.0 Å². The molecule has 0 saturated heterocycles. The summed E-state index contributed by atoms with van der Waals surface area (Å²) in [5, 5.41) is 0. The van der Waals surface area contributed by atoms with E-state index in [4.69, 9.17) is 0 Å². The van der Waals surface area contributed by atoms with Gasteiger partial charge in [0, 0.05) is 19.8 Å². The quantitative estimate of drug-likeness (QED) is 0.775. The van der Waals surface area contributed by atoms with Gasteiger partial charge >= 0.3 is 0 Å². The first-order valence-corrected chi connectivity index (χ1v) is 6.26. The van der Waals surface area contributed by atoms with Crippen LogP contribution in [0.1, 0.15) is 6.92 Å². The largest absolute Gasteiger partial charge is 0.319 e. The number of benzene rings is 1. The highest BCUT2D eigenvalue weighted by atomic mass is 15.3. The van der Waals surface area contributed by atoms with Crippen LogP contribution in [-0.2, 0) is 7.05 Å². The third kappa shape index (κ3) is 2.60. The van der Waals surface area contributed by atoms with Crippen molar-refractivity contribution in [2.45, 2.75) is 6.92 Å². The van der Waals surface area contributed by atoms with E-state index in [-0.39, 0.29) is 0 Å². The molecule has 1 heterocycles. The monoisotopic (exact) mass is 253 g/mol. The lowest BCUT2D eigenvalue weighted by molar-refractivity contribution is 0.886. The Labute approximate surface area is 114 Å². The molecule has 0 aliphatic heterocycles. The van der Waals surface area contributed by atoms with E-state index in [1.54, 1.807) is 6.08 Å². The number of imidazole rings is 1. The number of hydrogen-bond acceptors (Lipinski definition) is 2. The molecule has 0 fully saturated rings. The molecule has 0 bridgehead atoms. The van der Waals surface area contributed by atoms with E-state index in [1.807, 2.05) is 50.5 Å². The summed E-state index contributed by atoms with van der Waals surface area (Å²) in [6.07, 6.45) is 7.69. The van der Waals surface area contributed by atoms with E-state index in [1.165, 1.54) is 0 Å². The third-order valence-corrected chi connectivity index (χ3v) is 3.18. The maximum Gasteiger partial charge on any atom is 0.210 e. The Kier molecular flexibility index (Phi) is 3.85. The fourth-order valence-electron chi connectivity index (χ4n) is 1.98. The molecule has 0 aliphatic carbocycles. The second-order valence-electron chi connectivity index (χ2n) is 4.45. The zero-order chi connectivity index (χ0) is 13.8. The van der Waals surface area contributed by atoms with Crippen molar-refractivity contribution in [2.24, 2.45) is 7.05 Å². The highest BCUT2D eigenvalue weighted by molar-refractivity contribution is 5.78. The zero-order valence-corrected chi connectivity index (χ0v) is 11.7. The van der Waals surface area contributed by atoms with Crippen LogP contribution in [0.15, 0.2) is 60.8 Å². The molecule has 2 rings (SSSR count). The van der Waals surface area contributed by atoms with Crippen molar-refractivity contribution >= 4 is 17.0 Å². The summed E-state index contributed by atoms with van der Waals surface area (Å²) in [6, 6.07) is 8.15. The van der Waals surface area contributed by atoms with Gasteiger partial charge in [0.1, 0.15) is 0 Å². The maximum absolute atomic E-state index is 4.67. The van der Waals surface area contributed by atoms with E-state index >= 15 is 0 Å². The molecular formula is C16H19N3. The summed E-state index contributed by atoms with van der Waals surface area (Å²) in [5.41, 5.74) is 3.27. The molecule has 3 nitrogen and oxygen atoms in total. The Balaban J connectivity index is 2.38. The zero-order valence-electron chi connectivity index (χ0n) is 11.7. The van der Waals surface area contributed by atoms with E-state index in [9.17, 15) is 0 Å². The molecule has 1 aromatic carbocycles. The second-order valence-corrected chi connectivity index (χ2v) is 4.45. The van der Waals surface area contributed by atoms with Crippen LogP contribution in [0.2, 0.25) is 0 Å². The highest BCUT2D eigenvalue weighted by Crippen LogP contribution is 2.22. The minimum Gasteiger partial charge on any atom is -0.319 e. The number of hydrogen-bond donors (Lipinski definition) is 0. The first kappa shape index (κ1) is 13.1.